The molecule has 0 spiro atoms. The van der Waals surface area contributed by atoms with Crippen LogP contribution in [0.25, 0.3) is 5.57 Å². The molecule has 0 amide bonds. The fraction of sp³-hybridized carbons (Fsp3) is 0.400. The van der Waals surface area contributed by atoms with E-state index in [9.17, 15) is 23.1 Å². The Morgan fingerprint density at radius 2 is 1.85 bits per heavy atom. The maximum atomic E-state index is 13.7. The molecule has 9 heteroatoms. The molecule has 2 aromatic carbocycles. The number of Topliss-reactive ketones (excluding diaryl/α,β-unsaturated/α-hetero) is 1. The third-order valence-electron chi connectivity index (χ3n) is 6.86. The van der Waals surface area contributed by atoms with Crippen molar-refractivity contribution in [2.45, 2.75) is 44.6 Å². The Bertz CT molecular complexity index is 1180. The number of carbonyl (C=O) groups excluding carboxylic acids is 1. The fourth-order valence-corrected chi connectivity index (χ4v) is 5.40. The summed E-state index contributed by atoms with van der Waals surface area (Å²) in [6, 6.07) is 8.31. The Morgan fingerprint density at radius 3 is 2.50 bits per heavy atom. The summed E-state index contributed by atoms with van der Waals surface area (Å²) in [5.74, 6) is -1.17. The number of hydrogen-bond acceptors (Lipinski definition) is 6. The van der Waals surface area contributed by atoms with E-state index in [1.165, 1.54) is 25.3 Å². The Balaban J connectivity index is 1.53. The number of aliphatic hydroxyl groups excluding tert-OH is 1. The molecule has 3 aliphatic rings. The van der Waals surface area contributed by atoms with Gasteiger partial charge >= 0.3 is 6.18 Å². The van der Waals surface area contributed by atoms with Gasteiger partial charge in [-0.25, -0.2) is 0 Å². The van der Waals surface area contributed by atoms with Gasteiger partial charge in [-0.15, -0.1) is 0 Å². The van der Waals surface area contributed by atoms with Gasteiger partial charge < -0.3 is 14.6 Å². The van der Waals surface area contributed by atoms with Crippen molar-refractivity contribution in [1.29, 1.82) is 0 Å². The van der Waals surface area contributed by atoms with E-state index in [1.54, 1.807) is 12.1 Å². The van der Waals surface area contributed by atoms with Gasteiger partial charge in [0.2, 0.25) is 0 Å². The lowest BCUT2D eigenvalue weighted by molar-refractivity contribution is -0.138. The van der Waals surface area contributed by atoms with Gasteiger partial charge in [0, 0.05) is 0 Å². The predicted octanol–water partition coefficient (Wildman–Crippen LogP) is 5.68. The molecular formula is C25H24F3NO5. The standard InChI is InChI=1S/C25H24F3NO5/c1-3-12-4-6-14(33-17-7-5-13(29-32-2)10-16(17)25(26,27)28)11-15(12)20-23(30)21-18-8-9-19(34-18)22(21)24(20)31/h4-7,10-11,18-19,21-22,29-30H,3,8-9H2,1-2H3. The average Bonchev–Trinajstić information content (AvgIpc) is 3.48. The number of ketones is 1. The molecule has 4 unspecified atom stereocenters. The minimum absolute atomic E-state index is 0.0139. The lowest BCUT2D eigenvalue weighted by Crippen LogP contribution is -2.29. The van der Waals surface area contributed by atoms with Crippen molar-refractivity contribution < 1.29 is 37.4 Å². The SMILES string of the molecule is CCc1ccc(Oc2ccc(NOC)cc2C(F)(F)F)cc1C1=C(O)C2C3CCC(O3)C2C1=O. The van der Waals surface area contributed by atoms with Crippen molar-refractivity contribution in [3.8, 4) is 11.5 Å². The number of allylic oxidation sites excluding steroid dienone is 1. The summed E-state index contributed by atoms with van der Waals surface area (Å²) in [6.45, 7) is 1.91. The fourth-order valence-electron chi connectivity index (χ4n) is 5.40. The zero-order chi connectivity index (χ0) is 24.2. The molecule has 2 saturated heterocycles. The van der Waals surface area contributed by atoms with Crippen LogP contribution in [-0.2, 0) is 27.0 Å². The molecule has 5 rings (SSSR count). The van der Waals surface area contributed by atoms with E-state index in [-0.39, 0.29) is 52.4 Å². The number of halogens is 3. The van der Waals surface area contributed by atoms with Crippen LogP contribution < -0.4 is 10.2 Å². The van der Waals surface area contributed by atoms with Crippen molar-refractivity contribution in [2.24, 2.45) is 11.8 Å². The van der Waals surface area contributed by atoms with Gasteiger partial charge in [0.25, 0.3) is 0 Å². The summed E-state index contributed by atoms with van der Waals surface area (Å²) in [6.07, 6.45) is -2.87. The number of benzene rings is 2. The number of carbonyl (C=O) groups is 1. The van der Waals surface area contributed by atoms with Crippen LogP contribution >= 0.6 is 0 Å². The number of aryl methyl sites for hydroxylation is 1. The highest BCUT2D eigenvalue weighted by Crippen LogP contribution is 2.54. The molecule has 0 saturated carbocycles. The number of alkyl halides is 3. The summed E-state index contributed by atoms with van der Waals surface area (Å²) in [5.41, 5.74) is 3.04. The second kappa shape index (κ2) is 8.32. The molecule has 180 valence electrons. The minimum atomic E-state index is -4.66. The summed E-state index contributed by atoms with van der Waals surface area (Å²) < 4.78 is 52.5. The first-order chi connectivity index (χ1) is 16.2. The van der Waals surface area contributed by atoms with Crippen LogP contribution in [0.3, 0.4) is 0 Å². The maximum Gasteiger partial charge on any atom is 0.420 e. The molecule has 2 aromatic rings. The van der Waals surface area contributed by atoms with Crippen LogP contribution in [0.15, 0.2) is 42.2 Å². The first-order valence-corrected chi connectivity index (χ1v) is 11.2. The highest BCUT2D eigenvalue weighted by Gasteiger charge is 2.59. The first kappa shape index (κ1) is 22.7. The average molecular weight is 475 g/mol. The van der Waals surface area contributed by atoms with Gasteiger partial charge in [-0.05, 0) is 60.7 Å². The molecule has 6 nitrogen and oxygen atoms in total. The largest absolute Gasteiger partial charge is 0.511 e. The molecule has 4 atom stereocenters. The first-order valence-electron chi connectivity index (χ1n) is 11.2. The quantitative estimate of drug-likeness (QED) is 0.524. The molecule has 0 aromatic heterocycles. The molecule has 2 aliphatic heterocycles. The van der Waals surface area contributed by atoms with Gasteiger partial charge in [0.05, 0.1) is 42.4 Å². The summed E-state index contributed by atoms with van der Waals surface area (Å²) >= 11 is 0. The van der Waals surface area contributed by atoms with Gasteiger partial charge in [-0.3, -0.25) is 15.1 Å². The molecule has 2 bridgehead atoms. The van der Waals surface area contributed by atoms with Gasteiger partial charge in [-0.2, -0.15) is 13.2 Å². The minimum Gasteiger partial charge on any atom is -0.511 e. The Hall–Kier alpha value is -3.04. The van der Waals surface area contributed by atoms with Crippen molar-refractivity contribution in [1.82, 2.24) is 0 Å². The normalized spacial score (nSPS) is 25.7. The van der Waals surface area contributed by atoms with E-state index >= 15 is 0 Å². The molecule has 1 aliphatic carbocycles. The predicted molar refractivity (Wildman–Crippen MR) is 117 cm³/mol. The number of hydrogen-bond donors (Lipinski definition) is 2. The third-order valence-corrected chi connectivity index (χ3v) is 6.86. The van der Waals surface area contributed by atoms with Crippen molar-refractivity contribution in [3.63, 3.8) is 0 Å². The Kier molecular flexibility index (Phi) is 5.56. The molecular weight excluding hydrogens is 451 g/mol. The Morgan fingerprint density at radius 1 is 1.12 bits per heavy atom. The van der Waals surface area contributed by atoms with Crippen LogP contribution in [0.2, 0.25) is 0 Å². The van der Waals surface area contributed by atoms with Gasteiger partial charge in [0.1, 0.15) is 22.8 Å². The van der Waals surface area contributed by atoms with Crippen LogP contribution in [0.1, 0.15) is 36.5 Å². The topological polar surface area (TPSA) is 77.0 Å². The third kappa shape index (κ3) is 3.63. The number of fused-ring (bicyclic) bond motifs is 5. The number of ether oxygens (including phenoxy) is 2. The molecule has 34 heavy (non-hydrogen) atoms. The smallest absolute Gasteiger partial charge is 0.420 e. The van der Waals surface area contributed by atoms with E-state index in [4.69, 9.17) is 14.3 Å². The monoisotopic (exact) mass is 475 g/mol. The lowest BCUT2D eigenvalue weighted by Gasteiger charge is -2.19. The summed E-state index contributed by atoms with van der Waals surface area (Å²) in [4.78, 5) is 18.0. The lowest BCUT2D eigenvalue weighted by atomic mass is 9.80. The summed E-state index contributed by atoms with van der Waals surface area (Å²) in [7, 11) is 1.30. The van der Waals surface area contributed by atoms with Gasteiger partial charge in [0.15, 0.2) is 5.78 Å². The van der Waals surface area contributed by atoms with E-state index in [1.807, 2.05) is 6.92 Å². The number of nitrogens with one attached hydrogen (secondary N) is 1. The van der Waals surface area contributed by atoms with E-state index in [2.05, 4.69) is 5.48 Å². The zero-order valence-electron chi connectivity index (χ0n) is 18.6. The van der Waals surface area contributed by atoms with Crippen molar-refractivity contribution in [3.05, 3.63) is 58.8 Å². The number of rotatable bonds is 6. The second-order valence-electron chi connectivity index (χ2n) is 8.76. The maximum absolute atomic E-state index is 13.7. The van der Waals surface area contributed by atoms with Crippen LogP contribution in [-0.4, -0.2) is 30.2 Å². The van der Waals surface area contributed by atoms with Crippen molar-refractivity contribution in [2.75, 3.05) is 12.6 Å². The van der Waals surface area contributed by atoms with Crippen molar-refractivity contribution >= 4 is 17.0 Å². The summed E-state index contributed by atoms with van der Waals surface area (Å²) in [5, 5.41) is 11.0. The number of aliphatic hydroxyl groups is 1. The van der Waals surface area contributed by atoms with Crippen LogP contribution in [0.4, 0.5) is 18.9 Å². The molecule has 2 N–H and O–H groups in total. The molecule has 2 fully saturated rings. The highest BCUT2D eigenvalue weighted by atomic mass is 19.4. The Labute approximate surface area is 194 Å². The van der Waals surface area contributed by atoms with Crippen LogP contribution in [0, 0.1) is 11.8 Å². The molecule has 2 heterocycles. The van der Waals surface area contributed by atoms with E-state index in [0.29, 0.717) is 12.0 Å². The van der Waals surface area contributed by atoms with Gasteiger partial charge in [-0.1, -0.05) is 13.0 Å². The highest BCUT2D eigenvalue weighted by molar-refractivity contribution is 6.25. The van der Waals surface area contributed by atoms with E-state index in [0.717, 1.165) is 24.5 Å². The zero-order valence-corrected chi connectivity index (χ0v) is 18.6. The van der Waals surface area contributed by atoms with E-state index < -0.39 is 17.7 Å². The number of anilines is 1. The van der Waals surface area contributed by atoms with Crippen LogP contribution in [0.5, 0.6) is 11.5 Å². The second-order valence-corrected chi connectivity index (χ2v) is 8.76. The molecule has 0 radical (unpaired) electrons.